The van der Waals surface area contributed by atoms with Gasteiger partial charge in [-0.2, -0.15) is 0 Å². The first-order valence-corrected chi connectivity index (χ1v) is 7.57. The minimum absolute atomic E-state index is 0.117. The van der Waals surface area contributed by atoms with Gasteiger partial charge in [0.25, 0.3) is 0 Å². The molecule has 1 heterocycles. The number of hydrogen-bond donors (Lipinski definition) is 2. The van der Waals surface area contributed by atoms with Crippen molar-refractivity contribution in [1.29, 1.82) is 0 Å². The standard InChI is InChI=1S/C14H19IN2O/c1-2-8-14(9-5-10-16-14)13(18)17-12-7-4-3-6-11(12)15/h3-4,6-7,16H,2,5,8-10H2,1H3,(H,17,18). The van der Waals surface area contributed by atoms with Crippen LogP contribution in [0.3, 0.4) is 0 Å². The highest BCUT2D eigenvalue weighted by atomic mass is 127. The predicted octanol–water partition coefficient (Wildman–Crippen LogP) is 3.15. The Labute approximate surface area is 122 Å². The van der Waals surface area contributed by atoms with Gasteiger partial charge in [0.05, 0.1) is 11.2 Å². The smallest absolute Gasteiger partial charge is 0.244 e. The summed E-state index contributed by atoms with van der Waals surface area (Å²) in [6, 6.07) is 7.89. The van der Waals surface area contributed by atoms with Crippen LogP contribution in [0.1, 0.15) is 32.6 Å². The summed E-state index contributed by atoms with van der Waals surface area (Å²) in [5, 5.41) is 6.46. The fraction of sp³-hybridized carbons (Fsp3) is 0.500. The second kappa shape index (κ2) is 6.02. The lowest BCUT2D eigenvalue weighted by molar-refractivity contribution is -0.122. The molecular weight excluding hydrogens is 339 g/mol. The van der Waals surface area contributed by atoms with Crippen LogP contribution in [0, 0.1) is 3.57 Å². The van der Waals surface area contributed by atoms with E-state index in [0.29, 0.717) is 0 Å². The Morgan fingerprint density at radius 2 is 2.28 bits per heavy atom. The molecule has 18 heavy (non-hydrogen) atoms. The Balaban J connectivity index is 2.13. The van der Waals surface area contributed by atoms with Crippen molar-refractivity contribution in [1.82, 2.24) is 5.32 Å². The summed E-state index contributed by atoms with van der Waals surface area (Å²) in [6.07, 6.45) is 3.95. The van der Waals surface area contributed by atoms with Gasteiger partial charge in [-0.3, -0.25) is 4.79 Å². The second-order valence-electron chi connectivity index (χ2n) is 4.80. The Morgan fingerprint density at radius 1 is 1.50 bits per heavy atom. The number of amides is 1. The first-order valence-electron chi connectivity index (χ1n) is 6.49. The Morgan fingerprint density at radius 3 is 2.89 bits per heavy atom. The number of hydrogen-bond acceptors (Lipinski definition) is 2. The van der Waals surface area contributed by atoms with Gasteiger partial charge in [-0.05, 0) is 60.5 Å². The van der Waals surface area contributed by atoms with E-state index in [4.69, 9.17) is 0 Å². The largest absolute Gasteiger partial charge is 0.324 e. The summed E-state index contributed by atoms with van der Waals surface area (Å²) in [4.78, 5) is 12.5. The predicted molar refractivity (Wildman–Crippen MR) is 82.7 cm³/mol. The highest BCUT2D eigenvalue weighted by Gasteiger charge is 2.39. The molecule has 1 amide bonds. The fourth-order valence-electron chi connectivity index (χ4n) is 2.56. The molecule has 0 bridgehead atoms. The summed E-state index contributed by atoms with van der Waals surface area (Å²) in [7, 11) is 0. The van der Waals surface area contributed by atoms with Gasteiger partial charge in [0, 0.05) is 3.57 Å². The van der Waals surface area contributed by atoms with E-state index in [1.807, 2.05) is 24.3 Å². The zero-order chi connectivity index (χ0) is 13.0. The first kappa shape index (κ1) is 13.8. The van der Waals surface area contributed by atoms with E-state index in [2.05, 4.69) is 40.1 Å². The lowest BCUT2D eigenvalue weighted by Gasteiger charge is -2.28. The minimum Gasteiger partial charge on any atom is -0.324 e. The average molecular weight is 358 g/mol. The molecule has 0 spiro atoms. The average Bonchev–Trinajstić information content (AvgIpc) is 2.82. The van der Waals surface area contributed by atoms with E-state index in [9.17, 15) is 4.79 Å². The lowest BCUT2D eigenvalue weighted by Crippen LogP contribution is -2.50. The molecule has 2 rings (SSSR count). The molecule has 1 atom stereocenters. The summed E-state index contributed by atoms with van der Waals surface area (Å²) < 4.78 is 1.08. The van der Waals surface area contributed by atoms with Gasteiger partial charge in [-0.1, -0.05) is 25.5 Å². The summed E-state index contributed by atoms with van der Waals surface area (Å²) in [5.74, 6) is 0.117. The van der Waals surface area contributed by atoms with Crippen molar-refractivity contribution in [2.45, 2.75) is 38.1 Å². The third-order valence-corrected chi connectivity index (χ3v) is 4.42. The maximum Gasteiger partial charge on any atom is 0.244 e. The molecule has 0 aliphatic carbocycles. The molecule has 1 aromatic carbocycles. The molecule has 1 aromatic rings. The number of para-hydroxylation sites is 1. The molecule has 2 N–H and O–H groups in total. The molecule has 1 aliphatic heterocycles. The number of nitrogens with one attached hydrogen (secondary N) is 2. The van der Waals surface area contributed by atoms with Gasteiger partial charge in [0.2, 0.25) is 5.91 Å². The number of benzene rings is 1. The van der Waals surface area contributed by atoms with E-state index < -0.39 is 0 Å². The Kier molecular flexibility index (Phi) is 4.61. The van der Waals surface area contributed by atoms with E-state index >= 15 is 0 Å². The molecule has 1 unspecified atom stereocenters. The highest BCUT2D eigenvalue weighted by Crippen LogP contribution is 2.27. The number of halogens is 1. The lowest BCUT2D eigenvalue weighted by atomic mass is 9.91. The van der Waals surface area contributed by atoms with Crippen LogP contribution in [-0.2, 0) is 4.79 Å². The van der Waals surface area contributed by atoms with Crippen LogP contribution in [0.5, 0.6) is 0 Å². The van der Waals surface area contributed by atoms with Gasteiger partial charge >= 0.3 is 0 Å². The molecule has 1 fully saturated rings. The van der Waals surface area contributed by atoms with Crippen LogP contribution in [0.2, 0.25) is 0 Å². The molecule has 0 saturated carbocycles. The summed E-state index contributed by atoms with van der Waals surface area (Å²) >= 11 is 2.25. The Bertz CT molecular complexity index is 428. The van der Waals surface area contributed by atoms with E-state index in [1.54, 1.807) is 0 Å². The van der Waals surface area contributed by atoms with Crippen molar-refractivity contribution in [3.8, 4) is 0 Å². The van der Waals surface area contributed by atoms with Crippen LogP contribution < -0.4 is 10.6 Å². The monoisotopic (exact) mass is 358 g/mol. The molecule has 4 heteroatoms. The van der Waals surface area contributed by atoms with Gasteiger partial charge in [-0.15, -0.1) is 0 Å². The van der Waals surface area contributed by atoms with Crippen LogP contribution in [0.4, 0.5) is 5.69 Å². The molecule has 98 valence electrons. The fourth-order valence-corrected chi connectivity index (χ4v) is 3.08. The van der Waals surface area contributed by atoms with Gasteiger partial charge in [0.1, 0.15) is 0 Å². The SMILES string of the molecule is CCCC1(C(=O)Nc2ccccc2I)CCCN1. The van der Waals surface area contributed by atoms with Crippen LogP contribution in [-0.4, -0.2) is 18.0 Å². The maximum atomic E-state index is 12.5. The maximum absolute atomic E-state index is 12.5. The first-order chi connectivity index (χ1) is 8.68. The normalized spacial score (nSPS) is 23.0. The van der Waals surface area contributed by atoms with E-state index in [1.165, 1.54) is 0 Å². The van der Waals surface area contributed by atoms with E-state index in [0.717, 1.165) is 41.5 Å². The molecule has 1 saturated heterocycles. The number of anilines is 1. The molecule has 0 aromatic heterocycles. The third kappa shape index (κ3) is 2.85. The third-order valence-electron chi connectivity index (χ3n) is 3.48. The summed E-state index contributed by atoms with van der Waals surface area (Å²) in [5.41, 5.74) is 0.556. The van der Waals surface area contributed by atoms with Gasteiger partial charge in [-0.25, -0.2) is 0 Å². The van der Waals surface area contributed by atoms with Crippen molar-refractivity contribution in [3.63, 3.8) is 0 Å². The van der Waals surface area contributed by atoms with Crippen LogP contribution >= 0.6 is 22.6 Å². The number of carbonyl (C=O) groups is 1. The van der Waals surface area contributed by atoms with E-state index in [-0.39, 0.29) is 11.4 Å². The highest BCUT2D eigenvalue weighted by molar-refractivity contribution is 14.1. The van der Waals surface area contributed by atoms with Crippen LogP contribution in [0.15, 0.2) is 24.3 Å². The molecule has 3 nitrogen and oxygen atoms in total. The topological polar surface area (TPSA) is 41.1 Å². The van der Waals surface area contributed by atoms with Crippen molar-refractivity contribution in [2.24, 2.45) is 0 Å². The van der Waals surface area contributed by atoms with Gasteiger partial charge < -0.3 is 10.6 Å². The van der Waals surface area contributed by atoms with Crippen molar-refractivity contribution in [2.75, 3.05) is 11.9 Å². The minimum atomic E-state index is -0.354. The molecular formula is C14H19IN2O. The molecule has 1 aliphatic rings. The quantitative estimate of drug-likeness (QED) is 0.812. The van der Waals surface area contributed by atoms with Crippen molar-refractivity contribution >= 4 is 34.2 Å². The number of rotatable bonds is 4. The summed E-state index contributed by atoms with van der Waals surface area (Å²) in [6.45, 7) is 3.07. The van der Waals surface area contributed by atoms with Gasteiger partial charge in [0.15, 0.2) is 0 Å². The molecule has 0 radical (unpaired) electrons. The van der Waals surface area contributed by atoms with Crippen molar-refractivity contribution in [3.05, 3.63) is 27.8 Å². The second-order valence-corrected chi connectivity index (χ2v) is 5.96. The zero-order valence-corrected chi connectivity index (χ0v) is 12.8. The van der Waals surface area contributed by atoms with Crippen LogP contribution in [0.25, 0.3) is 0 Å². The van der Waals surface area contributed by atoms with Crippen molar-refractivity contribution < 1.29 is 4.79 Å². The number of carbonyl (C=O) groups excluding carboxylic acids is 1. The zero-order valence-electron chi connectivity index (χ0n) is 10.6. The Hall–Kier alpha value is -0.620.